The molecule has 1 aromatic rings. The SMILES string of the molecule is COc1cc(C)c(C(N)CC(C)CN)cc1OC. The van der Waals surface area contributed by atoms with Crippen LogP contribution in [0.25, 0.3) is 0 Å². The first-order valence-corrected chi connectivity index (χ1v) is 6.21. The summed E-state index contributed by atoms with van der Waals surface area (Å²) >= 11 is 0. The van der Waals surface area contributed by atoms with E-state index >= 15 is 0 Å². The molecule has 4 N–H and O–H groups in total. The van der Waals surface area contributed by atoms with Gasteiger partial charge in [-0.1, -0.05) is 6.92 Å². The summed E-state index contributed by atoms with van der Waals surface area (Å²) in [6, 6.07) is 3.90. The van der Waals surface area contributed by atoms with Crippen molar-refractivity contribution in [2.45, 2.75) is 26.3 Å². The van der Waals surface area contributed by atoms with E-state index in [-0.39, 0.29) is 6.04 Å². The fraction of sp³-hybridized carbons (Fsp3) is 0.571. The first kappa shape index (κ1) is 14.8. The first-order chi connectivity index (χ1) is 8.53. The number of hydrogen-bond acceptors (Lipinski definition) is 4. The van der Waals surface area contributed by atoms with Crippen molar-refractivity contribution in [1.82, 2.24) is 0 Å². The van der Waals surface area contributed by atoms with E-state index in [0.717, 1.165) is 23.3 Å². The minimum absolute atomic E-state index is 0.0247. The largest absolute Gasteiger partial charge is 0.493 e. The lowest BCUT2D eigenvalue weighted by atomic mass is 9.93. The first-order valence-electron chi connectivity index (χ1n) is 6.21. The van der Waals surface area contributed by atoms with Crippen LogP contribution >= 0.6 is 0 Å². The van der Waals surface area contributed by atoms with Gasteiger partial charge in [0.1, 0.15) is 0 Å². The van der Waals surface area contributed by atoms with E-state index in [1.54, 1.807) is 14.2 Å². The molecule has 2 atom stereocenters. The van der Waals surface area contributed by atoms with Gasteiger partial charge in [0, 0.05) is 6.04 Å². The Morgan fingerprint density at radius 2 is 1.72 bits per heavy atom. The van der Waals surface area contributed by atoms with E-state index in [0.29, 0.717) is 18.2 Å². The number of hydrogen-bond donors (Lipinski definition) is 2. The van der Waals surface area contributed by atoms with E-state index in [1.165, 1.54) is 0 Å². The van der Waals surface area contributed by atoms with Crippen LogP contribution in [0, 0.1) is 12.8 Å². The summed E-state index contributed by atoms with van der Waals surface area (Å²) in [6.07, 6.45) is 0.868. The number of ether oxygens (including phenoxy) is 2. The van der Waals surface area contributed by atoms with Gasteiger partial charge in [0.2, 0.25) is 0 Å². The van der Waals surface area contributed by atoms with Crippen LogP contribution in [-0.2, 0) is 0 Å². The lowest BCUT2D eigenvalue weighted by Gasteiger charge is -2.20. The molecule has 0 fully saturated rings. The fourth-order valence-corrected chi connectivity index (χ4v) is 2.05. The van der Waals surface area contributed by atoms with Crippen molar-refractivity contribution in [1.29, 1.82) is 0 Å². The van der Waals surface area contributed by atoms with Crippen molar-refractivity contribution < 1.29 is 9.47 Å². The molecule has 0 spiro atoms. The second-order valence-electron chi connectivity index (χ2n) is 4.75. The molecule has 0 aromatic heterocycles. The Bertz CT molecular complexity index is 394. The highest BCUT2D eigenvalue weighted by molar-refractivity contribution is 5.48. The van der Waals surface area contributed by atoms with E-state index in [9.17, 15) is 0 Å². The molecule has 0 saturated carbocycles. The molecule has 1 rings (SSSR count). The van der Waals surface area contributed by atoms with Gasteiger partial charge in [0.15, 0.2) is 11.5 Å². The second kappa shape index (κ2) is 6.61. The molecule has 0 aliphatic rings. The average Bonchev–Trinajstić information content (AvgIpc) is 2.37. The molecule has 0 aliphatic carbocycles. The lowest BCUT2D eigenvalue weighted by molar-refractivity contribution is 0.353. The van der Waals surface area contributed by atoms with E-state index < -0.39 is 0 Å². The average molecular weight is 252 g/mol. The maximum Gasteiger partial charge on any atom is 0.161 e. The maximum atomic E-state index is 6.24. The number of benzene rings is 1. The highest BCUT2D eigenvalue weighted by Gasteiger charge is 2.16. The topological polar surface area (TPSA) is 70.5 Å². The van der Waals surface area contributed by atoms with Crippen molar-refractivity contribution in [3.8, 4) is 11.5 Å². The van der Waals surface area contributed by atoms with Crippen LogP contribution in [0.1, 0.15) is 30.5 Å². The standard InChI is InChI=1S/C14H24N2O2/c1-9(8-15)5-12(16)11-7-14(18-4)13(17-3)6-10(11)2/h6-7,9,12H,5,8,15-16H2,1-4H3. The molecule has 0 bridgehead atoms. The molecular weight excluding hydrogens is 228 g/mol. The Labute approximate surface area is 109 Å². The Morgan fingerprint density at radius 3 is 2.22 bits per heavy atom. The van der Waals surface area contributed by atoms with Gasteiger partial charge >= 0.3 is 0 Å². The number of nitrogens with two attached hydrogens (primary N) is 2. The Hall–Kier alpha value is -1.26. The summed E-state index contributed by atoms with van der Waals surface area (Å²) in [7, 11) is 3.26. The van der Waals surface area contributed by atoms with Crippen LogP contribution in [0.3, 0.4) is 0 Å². The van der Waals surface area contributed by atoms with Crippen molar-refractivity contribution >= 4 is 0 Å². The van der Waals surface area contributed by atoms with E-state index in [1.807, 2.05) is 19.1 Å². The van der Waals surface area contributed by atoms with E-state index in [4.69, 9.17) is 20.9 Å². The molecule has 4 nitrogen and oxygen atoms in total. The molecule has 4 heteroatoms. The zero-order chi connectivity index (χ0) is 13.7. The molecule has 1 aromatic carbocycles. The van der Waals surface area contributed by atoms with Gasteiger partial charge < -0.3 is 20.9 Å². The van der Waals surface area contributed by atoms with Crippen LogP contribution in [0.2, 0.25) is 0 Å². The zero-order valence-corrected chi connectivity index (χ0v) is 11.7. The van der Waals surface area contributed by atoms with Gasteiger partial charge in [-0.3, -0.25) is 0 Å². The fourth-order valence-electron chi connectivity index (χ4n) is 2.05. The minimum atomic E-state index is -0.0247. The third kappa shape index (κ3) is 3.37. The molecule has 18 heavy (non-hydrogen) atoms. The molecule has 102 valence electrons. The Kier molecular flexibility index (Phi) is 5.44. The molecule has 0 saturated heterocycles. The van der Waals surface area contributed by atoms with Gasteiger partial charge in [0.05, 0.1) is 14.2 Å². The van der Waals surface area contributed by atoms with Crippen molar-refractivity contribution in [3.63, 3.8) is 0 Å². The van der Waals surface area contributed by atoms with Crippen molar-refractivity contribution in [2.24, 2.45) is 17.4 Å². The van der Waals surface area contributed by atoms with Gasteiger partial charge in [-0.25, -0.2) is 0 Å². The van der Waals surface area contributed by atoms with Crippen LogP contribution in [-0.4, -0.2) is 20.8 Å². The molecule has 0 amide bonds. The van der Waals surface area contributed by atoms with Crippen LogP contribution in [0.5, 0.6) is 11.5 Å². The summed E-state index contributed by atoms with van der Waals surface area (Å²) in [4.78, 5) is 0. The maximum absolute atomic E-state index is 6.24. The second-order valence-corrected chi connectivity index (χ2v) is 4.75. The highest BCUT2D eigenvalue weighted by atomic mass is 16.5. The molecule has 0 radical (unpaired) electrons. The van der Waals surface area contributed by atoms with Crippen molar-refractivity contribution in [3.05, 3.63) is 23.3 Å². The van der Waals surface area contributed by atoms with Crippen LogP contribution in [0.15, 0.2) is 12.1 Å². The Balaban J connectivity index is 3.01. The summed E-state index contributed by atoms with van der Waals surface area (Å²) in [5.74, 6) is 1.86. The summed E-state index contributed by atoms with van der Waals surface area (Å²) in [6.45, 7) is 4.79. The summed E-state index contributed by atoms with van der Waals surface area (Å²) in [5.41, 5.74) is 14.1. The normalized spacial score (nSPS) is 14.1. The van der Waals surface area contributed by atoms with Crippen LogP contribution in [0.4, 0.5) is 0 Å². The predicted octanol–water partition coefficient (Wildman–Crippen LogP) is 2.00. The zero-order valence-electron chi connectivity index (χ0n) is 11.7. The minimum Gasteiger partial charge on any atom is -0.493 e. The summed E-state index contributed by atoms with van der Waals surface area (Å²) < 4.78 is 10.6. The number of methoxy groups -OCH3 is 2. The Morgan fingerprint density at radius 1 is 1.17 bits per heavy atom. The number of rotatable bonds is 6. The number of aryl methyl sites for hydroxylation is 1. The highest BCUT2D eigenvalue weighted by Crippen LogP contribution is 2.33. The lowest BCUT2D eigenvalue weighted by Crippen LogP contribution is -2.20. The third-order valence-corrected chi connectivity index (χ3v) is 3.23. The predicted molar refractivity (Wildman–Crippen MR) is 74.0 cm³/mol. The molecular formula is C14H24N2O2. The van der Waals surface area contributed by atoms with Gasteiger partial charge in [-0.2, -0.15) is 0 Å². The van der Waals surface area contributed by atoms with Gasteiger partial charge in [0.25, 0.3) is 0 Å². The summed E-state index contributed by atoms with van der Waals surface area (Å²) in [5, 5.41) is 0. The van der Waals surface area contributed by atoms with E-state index in [2.05, 4.69) is 6.92 Å². The molecule has 0 heterocycles. The molecule has 0 aliphatic heterocycles. The monoisotopic (exact) mass is 252 g/mol. The quantitative estimate of drug-likeness (QED) is 0.812. The molecule has 2 unspecified atom stereocenters. The van der Waals surface area contributed by atoms with Crippen molar-refractivity contribution in [2.75, 3.05) is 20.8 Å². The third-order valence-electron chi connectivity index (χ3n) is 3.23. The van der Waals surface area contributed by atoms with Crippen LogP contribution < -0.4 is 20.9 Å². The van der Waals surface area contributed by atoms with Gasteiger partial charge in [-0.05, 0) is 49.1 Å². The smallest absolute Gasteiger partial charge is 0.161 e. The van der Waals surface area contributed by atoms with Gasteiger partial charge in [-0.15, -0.1) is 0 Å².